The summed E-state index contributed by atoms with van der Waals surface area (Å²) in [7, 11) is 0. The third-order valence-electron chi connectivity index (χ3n) is 4.06. The summed E-state index contributed by atoms with van der Waals surface area (Å²) in [5.41, 5.74) is 5.20. The SMILES string of the molecule is CC[C@H](N)c1nc2cccc(Cl)c2c(=O)n1-c1cc(F)cc(C(F)F)c1. The maximum atomic E-state index is 13.9. The van der Waals surface area contributed by atoms with Crippen molar-refractivity contribution in [3.8, 4) is 5.69 Å². The van der Waals surface area contributed by atoms with E-state index in [9.17, 15) is 18.0 Å². The largest absolute Gasteiger partial charge is 0.321 e. The summed E-state index contributed by atoms with van der Waals surface area (Å²) in [6.07, 6.45) is -2.45. The summed E-state index contributed by atoms with van der Waals surface area (Å²) >= 11 is 6.12. The van der Waals surface area contributed by atoms with Gasteiger partial charge in [0.25, 0.3) is 12.0 Å². The molecule has 2 N–H and O–H groups in total. The standard InChI is InChI=1S/C18H15ClF3N3O/c1-2-13(23)17-24-14-5-3-4-12(19)15(14)18(26)25(17)11-7-9(16(21)22)6-10(20)8-11/h3-8,13,16H,2,23H2,1H3/t13-/m0/s1. The first-order valence-electron chi connectivity index (χ1n) is 7.89. The second kappa shape index (κ2) is 7.09. The molecule has 0 unspecified atom stereocenters. The van der Waals surface area contributed by atoms with E-state index in [1.807, 2.05) is 0 Å². The minimum absolute atomic E-state index is 0.0708. The highest BCUT2D eigenvalue weighted by Gasteiger charge is 2.20. The van der Waals surface area contributed by atoms with Gasteiger partial charge in [-0.05, 0) is 36.8 Å². The molecule has 1 heterocycles. The van der Waals surface area contributed by atoms with Crippen LogP contribution < -0.4 is 11.3 Å². The van der Waals surface area contributed by atoms with Crippen molar-refractivity contribution in [1.29, 1.82) is 0 Å². The maximum Gasteiger partial charge on any atom is 0.267 e. The van der Waals surface area contributed by atoms with Crippen LogP contribution in [-0.4, -0.2) is 9.55 Å². The molecule has 0 spiro atoms. The van der Waals surface area contributed by atoms with Gasteiger partial charge in [-0.15, -0.1) is 0 Å². The smallest absolute Gasteiger partial charge is 0.267 e. The van der Waals surface area contributed by atoms with Crippen molar-refractivity contribution in [3.05, 3.63) is 69.0 Å². The van der Waals surface area contributed by atoms with Gasteiger partial charge in [-0.2, -0.15) is 0 Å². The van der Waals surface area contributed by atoms with Crippen molar-refractivity contribution in [3.63, 3.8) is 0 Å². The molecule has 0 aliphatic heterocycles. The predicted octanol–water partition coefficient (Wildman–Crippen LogP) is 4.53. The van der Waals surface area contributed by atoms with Gasteiger partial charge in [-0.1, -0.05) is 24.6 Å². The Labute approximate surface area is 152 Å². The van der Waals surface area contributed by atoms with Crippen molar-refractivity contribution < 1.29 is 13.2 Å². The molecular formula is C18H15ClF3N3O. The summed E-state index contributed by atoms with van der Waals surface area (Å²) < 4.78 is 41.1. The number of nitrogens with two attached hydrogens (primary N) is 1. The molecule has 0 amide bonds. The van der Waals surface area contributed by atoms with E-state index in [0.29, 0.717) is 11.9 Å². The second-order valence-electron chi connectivity index (χ2n) is 5.80. The zero-order valence-electron chi connectivity index (χ0n) is 13.7. The molecule has 0 aliphatic carbocycles. The summed E-state index contributed by atoms with van der Waals surface area (Å²) in [5, 5.41) is 0.278. The first-order chi connectivity index (χ1) is 12.3. The number of halogens is 4. The van der Waals surface area contributed by atoms with Gasteiger partial charge in [0.15, 0.2) is 0 Å². The van der Waals surface area contributed by atoms with Gasteiger partial charge in [-0.3, -0.25) is 9.36 Å². The van der Waals surface area contributed by atoms with Gasteiger partial charge in [0.05, 0.1) is 27.7 Å². The molecular weight excluding hydrogens is 367 g/mol. The lowest BCUT2D eigenvalue weighted by atomic mass is 10.1. The van der Waals surface area contributed by atoms with E-state index in [1.165, 1.54) is 6.07 Å². The number of aromatic nitrogens is 2. The average molecular weight is 382 g/mol. The minimum atomic E-state index is -2.89. The zero-order valence-corrected chi connectivity index (χ0v) is 14.5. The van der Waals surface area contributed by atoms with Crippen LogP contribution in [-0.2, 0) is 0 Å². The van der Waals surface area contributed by atoms with E-state index in [1.54, 1.807) is 19.1 Å². The molecule has 2 aromatic carbocycles. The Morgan fingerprint density at radius 1 is 1.27 bits per heavy atom. The molecule has 0 saturated carbocycles. The van der Waals surface area contributed by atoms with Gasteiger partial charge >= 0.3 is 0 Å². The predicted molar refractivity (Wildman–Crippen MR) is 94.5 cm³/mol. The highest BCUT2D eigenvalue weighted by atomic mass is 35.5. The fourth-order valence-corrected chi connectivity index (χ4v) is 2.99. The van der Waals surface area contributed by atoms with E-state index in [-0.39, 0.29) is 21.9 Å². The molecule has 1 aromatic heterocycles. The number of benzene rings is 2. The van der Waals surface area contributed by atoms with Crippen LogP contribution in [0.1, 0.15) is 37.2 Å². The molecule has 0 bridgehead atoms. The quantitative estimate of drug-likeness (QED) is 0.722. The zero-order chi connectivity index (χ0) is 19.0. The summed E-state index contributed by atoms with van der Waals surface area (Å²) in [6, 6.07) is 6.88. The molecule has 26 heavy (non-hydrogen) atoms. The van der Waals surface area contributed by atoms with Crippen LogP contribution in [0.2, 0.25) is 5.02 Å². The van der Waals surface area contributed by atoms with E-state index >= 15 is 0 Å². The van der Waals surface area contributed by atoms with Crippen LogP contribution >= 0.6 is 11.6 Å². The third kappa shape index (κ3) is 3.20. The van der Waals surface area contributed by atoms with Crippen LogP contribution in [0.5, 0.6) is 0 Å². The van der Waals surface area contributed by atoms with E-state index in [4.69, 9.17) is 17.3 Å². The summed E-state index contributed by atoms with van der Waals surface area (Å²) in [4.78, 5) is 17.4. The number of nitrogens with zero attached hydrogens (tertiary/aromatic N) is 2. The Hall–Kier alpha value is -2.38. The van der Waals surface area contributed by atoms with Crippen LogP contribution in [0.4, 0.5) is 13.2 Å². The average Bonchev–Trinajstić information content (AvgIpc) is 2.60. The lowest BCUT2D eigenvalue weighted by Gasteiger charge is -2.18. The lowest BCUT2D eigenvalue weighted by Crippen LogP contribution is -2.28. The molecule has 8 heteroatoms. The number of rotatable bonds is 4. The molecule has 3 aromatic rings. The van der Waals surface area contributed by atoms with Crippen molar-refractivity contribution in [2.75, 3.05) is 0 Å². The highest BCUT2D eigenvalue weighted by Crippen LogP contribution is 2.26. The summed E-state index contributed by atoms with van der Waals surface area (Å²) in [6.45, 7) is 1.79. The van der Waals surface area contributed by atoms with Crippen LogP contribution in [0, 0.1) is 5.82 Å². The Balaban J connectivity index is 2.43. The van der Waals surface area contributed by atoms with Gasteiger partial charge in [0.2, 0.25) is 0 Å². The van der Waals surface area contributed by atoms with Crippen LogP contribution in [0.3, 0.4) is 0 Å². The number of hydrogen-bond acceptors (Lipinski definition) is 3. The maximum absolute atomic E-state index is 13.9. The number of hydrogen-bond donors (Lipinski definition) is 1. The van der Waals surface area contributed by atoms with Gasteiger partial charge in [0, 0.05) is 5.56 Å². The fraction of sp³-hybridized carbons (Fsp3) is 0.222. The van der Waals surface area contributed by atoms with Crippen molar-refractivity contribution in [2.45, 2.75) is 25.8 Å². The first-order valence-corrected chi connectivity index (χ1v) is 8.27. The Bertz CT molecular complexity index is 1040. The Morgan fingerprint density at radius 2 is 2.00 bits per heavy atom. The highest BCUT2D eigenvalue weighted by molar-refractivity contribution is 6.35. The van der Waals surface area contributed by atoms with Crippen molar-refractivity contribution in [2.24, 2.45) is 5.73 Å². The Kier molecular flexibility index (Phi) is 5.02. The molecule has 136 valence electrons. The molecule has 4 nitrogen and oxygen atoms in total. The van der Waals surface area contributed by atoms with Gasteiger partial charge in [-0.25, -0.2) is 18.2 Å². The first kappa shape index (κ1) is 18.4. The number of fused-ring (bicyclic) bond motifs is 1. The van der Waals surface area contributed by atoms with Gasteiger partial charge < -0.3 is 5.73 Å². The normalized spacial score (nSPS) is 12.7. The van der Waals surface area contributed by atoms with E-state index in [2.05, 4.69) is 4.98 Å². The van der Waals surface area contributed by atoms with Crippen LogP contribution in [0.25, 0.3) is 16.6 Å². The van der Waals surface area contributed by atoms with Crippen molar-refractivity contribution >= 4 is 22.5 Å². The minimum Gasteiger partial charge on any atom is -0.321 e. The molecule has 3 rings (SSSR count). The molecule has 1 atom stereocenters. The number of alkyl halides is 2. The second-order valence-corrected chi connectivity index (χ2v) is 6.21. The monoisotopic (exact) mass is 381 g/mol. The Morgan fingerprint density at radius 3 is 2.65 bits per heavy atom. The molecule has 0 fully saturated rings. The lowest BCUT2D eigenvalue weighted by molar-refractivity contribution is 0.151. The van der Waals surface area contributed by atoms with Crippen molar-refractivity contribution in [1.82, 2.24) is 9.55 Å². The fourth-order valence-electron chi connectivity index (χ4n) is 2.74. The van der Waals surface area contributed by atoms with Crippen LogP contribution in [0.15, 0.2) is 41.2 Å². The van der Waals surface area contributed by atoms with E-state index in [0.717, 1.165) is 22.8 Å². The molecule has 0 aliphatic rings. The topological polar surface area (TPSA) is 60.9 Å². The molecule has 0 radical (unpaired) electrons. The molecule has 0 saturated heterocycles. The summed E-state index contributed by atoms with van der Waals surface area (Å²) in [5.74, 6) is -0.738. The van der Waals surface area contributed by atoms with Gasteiger partial charge in [0.1, 0.15) is 11.6 Å². The third-order valence-corrected chi connectivity index (χ3v) is 4.37. The van der Waals surface area contributed by atoms with E-state index < -0.39 is 29.4 Å².